The zero-order valence-corrected chi connectivity index (χ0v) is 8.17. The van der Waals surface area contributed by atoms with Gasteiger partial charge in [0.2, 0.25) is 0 Å². The van der Waals surface area contributed by atoms with Crippen molar-refractivity contribution in [2.24, 2.45) is 5.73 Å². The zero-order chi connectivity index (χ0) is 11.6. The number of hydrogen-bond acceptors (Lipinski definition) is 2. The van der Waals surface area contributed by atoms with E-state index in [1.807, 2.05) is 0 Å². The third kappa shape index (κ3) is 2.49. The van der Waals surface area contributed by atoms with Crippen LogP contribution in [0.25, 0.3) is 0 Å². The Morgan fingerprint density at radius 1 is 1.47 bits per heavy atom. The Morgan fingerprint density at radius 3 is 2.53 bits per heavy atom. The van der Waals surface area contributed by atoms with Crippen molar-refractivity contribution in [3.63, 3.8) is 0 Å². The Labute approximate surface area is 85.5 Å². The van der Waals surface area contributed by atoms with Crippen LogP contribution in [0.4, 0.5) is 13.2 Å². The van der Waals surface area contributed by atoms with Crippen molar-refractivity contribution >= 4 is 0 Å². The average Bonchev–Trinajstić information content (AvgIpc) is 2.21. The van der Waals surface area contributed by atoms with Gasteiger partial charge in [-0.1, -0.05) is 12.1 Å². The Bertz CT molecular complexity index is 355. The Hall–Kier alpha value is -1.07. The fraction of sp³-hybridized carbons (Fsp3) is 0.400. The summed E-state index contributed by atoms with van der Waals surface area (Å²) in [6.45, 7) is 0.132. The molecule has 1 aromatic rings. The van der Waals surface area contributed by atoms with Crippen molar-refractivity contribution in [3.8, 4) is 0 Å². The van der Waals surface area contributed by atoms with Gasteiger partial charge in [0.15, 0.2) is 0 Å². The van der Waals surface area contributed by atoms with Crippen molar-refractivity contribution in [1.29, 1.82) is 0 Å². The number of hydrogen-bond donors (Lipinski definition) is 2. The quantitative estimate of drug-likeness (QED) is 0.813. The second-order valence-corrected chi connectivity index (χ2v) is 3.41. The van der Waals surface area contributed by atoms with Gasteiger partial charge >= 0.3 is 0 Å². The first-order chi connectivity index (χ1) is 6.88. The average molecular weight is 219 g/mol. The molecule has 0 heterocycles. The minimum Gasteiger partial charge on any atom is -0.390 e. The molecule has 0 aliphatic rings. The number of aryl methyl sites for hydroxylation is 1. The molecular weight excluding hydrogens is 207 g/mol. The first kappa shape index (κ1) is 12.0. The van der Waals surface area contributed by atoms with Crippen molar-refractivity contribution in [2.75, 3.05) is 6.61 Å². The molecule has 0 amide bonds. The maximum atomic E-state index is 13.0. The summed E-state index contributed by atoms with van der Waals surface area (Å²) in [5.74, 6) is -3.87. The lowest BCUT2D eigenvalue weighted by Gasteiger charge is -2.21. The molecule has 3 N–H and O–H groups in total. The van der Waals surface area contributed by atoms with Crippen LogP contribution in [0.3, 0.4) is 0 Å². The Morgan fingerprint density at radius 2 is 2.07 bits per heavy atom. The van der Waals surface area contributed by atoms with E-state index in [2.05, 4.69) is 0 Å². The molecule has 0 saturated carbocycles. The van der Waals surface area contributed by atoms with Gasteiger partial charge in [-0.05, 0) is 24.1 Å². The summed E-state index contributed by atoms with van der Waals surface area (Å²) in [7, 11) is 0. The van der Waals surface area contributed by atoms with Crippen LogP contribution in [0, 0.1) is 12.7 Å². The Balaban J connectivity index is 3.02. The molecule has 2 nitrogen and oxygen atoms in total. The second kappa shape index (κ2) is 4.20. The van der Waals surface area contributed by atoms with Crippen LogP contribution in [0.5, 0.6) is 0 Å². The van der Waals surface area contributed by atoms with E-state index in [0.29, 0.717) is 0 Å². The number of aliphatic hydroxyl groups excluding tert-OH is 1. The molecule has 0 aliphatic carbocycles. The maximum Gasteiger partial charge on any atom is 0.289 e. The summed E-state index contributed by atoms with van der Waals surface area (Å²) in [6.07, 6.45) is 0. The predicted molar refractivity (Wildman–Crippen MR) is 50.1 cm³/mol. The molecule has 1 unspecified atom stereocenters. The van der Waals surface area contributed by atoms with Crippen LogP contribution in [-0.2, 0) is 0 Å². The smallest absolute Gasteiger partial charge is 0.289 e. The molecule has 1 aromatic carbocycles. The molecule has 0 fully saturated rings. The summed E-state index contributed by atoms with van der Waals surface area (Å²) in [5.41, 5.74) is 5.62. The first-order valence-corrected chi connectivity index (χ1v) is 4.39. The van der Waals surface area contributed by atoms with Gasteiger partial charge in [0, 0.05) is 0 Å². The number of rotatable bonds is 3. The van der Waals surface area contributed by atoms with Crippen LogP contribution in [0.15, 0.2) is 18.2 Å². The molecule has 1 rings (SSSR count). The van der Waals surface area contributed by atoms with Gasteiger partial charge in [0.1, 0.15) is 12.4 Å². The number of halogens is 3. The van der Waals surface area contributed by atoms with Gasteiger partial charge in [-0.25, -0.2) is 13.2 Å². The van der Waals surface area contributed by atoms with E-state index < -0.39 is 24.4 Å². The lowest BCUT2D eigenvalue weighted by atomic mass is 10.00. The number of alkyl halides is 2. The molecule has 0 saturated heterocycles. The highest BCUT2D eigenvalue weighted by Gasteiger charge is 2.37. The molecule has 15 heavy (non-hydrogen) atoms. The maximum absolute atomic E-state index is 13.0. The predicted octanol–water partition coefficient (Wildman–Crippen LogP) is 1.76. The monoisotopic (exact) mass is 219 g/mol. The molecule has 0 spiro atoms. The van der Waals surface area contributed by atoms with Crippen LogP contribution in [-0.4, -0.2) is 17.6 Å². The molecule has 0 radical (unpaired) electrons. The lowest BCUT2D eigenvalue weighted by Crippen LogP contribution is -2.36. The second-order valence-electron chi connectivity index (χ2n) is 3.41. The van der Waals surface area contributed by atoms with E-state index in [1.54, 1.807) is 0 Å². The first-order valence-electron chi connectivity index (χ1n) is 4.39. The van der Waals surface area contributed by atoms with Crippen LogP contribution in [0.1, 0.15) is 17.2 Å². The molecular formula is C10H12F3NO. The highest BCUT2D eigenvalue weighted by Crippen LogP contribution is 2.29. The number of nitrogens with two attached hydrogens (primary N) is 1. The molecule has 84 valence electrons. The van der Waals surface area contributed by atoms with E-state index in [1.165, 1.54) is 19.1 Å². The minimum atomic E-state index is -3.40. The van der Waals surface area contributed by atoms with Gasteiger partial charge in [-0.15, -0.1) is 0 Å². The van der Waals surface area contributed by atoms with Gasteiger partial charge in [-0.3, -0.25) is 0 Å². The van der Waals surface area contributed by atoms with Crippen molar-refractivity contribution < 1.29 is 18.3 Å². The van der Waals surface area contributed by atoms with Crippen molar-refractivity contribution in [1.82, 2.24) is 0 Å². The van der Waals surface area contributed by atoms with Crippen LogP contribution < -0.4 is 5.73 Å². The van der Waals surface area contributed by atoms with Gasteiger partial charge in [0.25, 0.3) is 5.92 Å². The van der Waals surface area contributed by atoms with Gasteiger partial charge < -0.3 is 10.8 Å². The third-order valence-corrected chi connectivity index (χ3v) is 2.21. The normalized spacial score (nSPS) is 14.0. The van der Waals surface area contributed by atoms with E-state index in [9.17, 15) is 13.2 Å². The minimum absolute atomic E-state index is 0.105. The molecule has 0 bridgehead atoms. The Kier molecular flexibility index (Phi) is 3.36. The van der Waals surface area contributed by atoms with E-state index in [4.69, 9.17) is 10.8 Å². The summed E-state index contributed by atoms with van der Waals surface area (Å²) in [5, 5.41) is 8.45. The molecule has 0 aliphatic heterocycles. The molecule has 5 heteroatoms. The van der Waals surface area contributed by atoms with E-state index >= 15 is 0 Å². The fourth-order valence-corrected chi connectivity index (χ4v) is 1.20. The SMILES string of the molecule is Cc1cc(C(N)C(F)(F)CO)ccc1F. The van der Waals surface area contributed by atoms with Gasteiger partial charge in [-0.2, -0.15) is 0 Å². The summed E-state index contributed by atoms with van der Waals surface area (Å²) in [6, 6.07) is 1.90. The number of aliphatic hydroxyl groups is 1. The zero-order valence-electron chi connectivity index (χ0n) is 8.17. The van der Waals surface area contributed by atoms with Crippen molar-refractivity contribution in [2.45, 2.75) is 18.9 Å². The standard InChI is InChI=1S/C10H12F3NO/c1-6-4-7(2-3-8(6)11)9(14)10(12,13)5-15/h2-4,9,15H,5,14H2,1H3. The van der Waals surface area contributed by atoms with Crippen LogP contribution in [0.2, 0.25) is 0 Å². The lowest BCUT2D eigenvalue weighted by molar-refractivity contribution is -0.0712. The van der Waals surface area contributed by atoms with E-state index in [0.717, 1.165) is 6.07 Å². The summed E-state index contributed by atoms with van der Waals surface area (Å²) < 4.78 is 38.9. The van der Waals surface area contributed by atoms with E-state index in [-0.39, 0.29) is 11.1 Å². The summed E-state index contributed by atoms with van der Waals surface area (Å²) in [4.78, 5) is 0. The van der Waals surface area contributed by atoms with Crippen molar-refractivity contribution in [3.05, 3.63) is 35.1 Å². The third-order valence-electron chi connectivity index (χ3n) is 2.21. The highest BCUT2D eigenvalue weighted by atomic mass is 19.3. The highest BCUT2D eigenvalue weighted by molar-refractivity contribution is 5.27. The number of benzene rings is 1. The van der Waals surface area contributed by atoms with Crippen LogP contribution >= 0.6 is 0 Å². The van der Waals surface area contributed by atoms with Gasteiger partial charge in [0.05, 0.1) is 6.04 Å². The molecule has 1 atom stereocenters. The largest absolute Gasteiger partial charge is 0.390 e. The fourth-order valence-electron chi connectivity index (χ4n) is 1.20. The molecule has 0 aromatic heterocycles. The summed E-state index contributed by atoms with van der Waals surface area (Å²) >= 11 is 0. The topological polar surface area (TPSA) is 46.2 Å².